The van der Waals surface area contributed by atoms with Crippen LogP contribution in [0.5, 0.6) is 5.75 Å². The van der Waals surface area contributed by atoms with Gasteiger partial charge in [0.2, 0.25) is 0 Å². The molecule has 3 rings (SSSR count). The molecular formula is C17H17NO3. The number of carboxylic acids is 1. The van der Waals surface area contributed by atoms with Crippen LogP contribution in [0.2, 0.25) is 0 Å². The third kappa shape index (κ3) is 2.57. The minimum atomic E-state index is -0.911. The average Bonchev–Trinajstić information content (AvgIpc) is 2.53. The molecule has 4 heteroatoms. The van der Waals surface area contributed by atoms with Gasteiger partial charge in [0.1, 0.15) is 5.75 Å². The Morgan fingerprint density at radius 2 is 1.95 bits per heavy atom. The molecule has 1 aliphatic heterocycles. The van der Waals surface area contributed by atoms with Crippen LogP contribution in [0.3, 0.4) is 0 Å². The molecule has 0 unspecified atom stereocenters. The van der Waals surface area contributed by atoms with Crippen LogP contribution < -0.4 is 9.64 Å². The van der Waals surface area contributed by atoms with Gasteiger partial charge in [-0.05, 0) is 29.7 Å². The van der Waals surface area contributed by atoms with Crippen LogP contribution in [0.15, 0.2) is 42.5 Å². The van der Waals surface area contributed by atoms with Crippen molar-refractivity contribution in [2.75, 3.05) is 18.6 Å². The fourth-order valence-electron chi connectivity index (χ4n) is 2.78. The highest BCUT2D eigenvalue weighted by molar-refractivity contribution is 5.95. The summed E-state index contributed by atoms with van der Waals surface area (Å²) in [5, 5.41) is 9.39. The SMILES string of the molecule is COc1ccc(C(=O)O)c(N2CCc3ccccc3C2)c1. The number of carbonyl (C=O) groups is 1. The summed E-state index contributed by atoms with van der Waals surface area (Å²) >= 11 is 0. The number of nitrogens with zero attached hydrogens (tertiary/aromatic N) is 1. The molecule has 0 atom stereocenters. The van der Waals surface area contributed by atoms with Crippen LogP contribution in [0.25, 0.3) is 0 Å². The second-order valence-corrected chi connectivity index (χ2v) is 5.13. The van der Waals surface area contributed by atoms with Crippen molar-refractivity contribution < 1.29 is 14.6 Å². The Kier molecular flexibility index (Phi) is 3.52. The van der Waals surface area contributed by atoms with E-state index in [1.54, 1.807) is 25.3 Å². The van der Waals surface area contributed by atoms with Crippen LogP contribution in [-0.4, -0.2) is 24.7 Å². The number of ether oxygens (including phenoxy) is 1. The smallest absolute Gasteiger partial charge is 0.337 e. The third-order valence-corrected chi connectivity index (χ3v) is 3.91. The molecule has 0 saturated heterocycles. The molecule has 108 valence electrons. The Balaban J connectivity index is 1.99. The largest absolute Gasteiger partial charge is 0.497 e. The number of aromatic carboxylic acids is 1. The highest BCUT2D eigenvalue weighted by Gasteiger charge is 2.21. The second kappa shape index (κ2) is 5.48. The Morgan fingerprint density at radius 1 is 1.19 bits per heavy atom. The molecule has 2 aromatic rings. The third-order valence-electron chi connectivity index (χ3n) is 3.91. The van der Waals surface area contributed by atoms with E-state index >= 15 is 0 Å². The second-order valence-electron chi connectivity index (χ2n) is 5.13. The summed E-state index contributed by atoms with van der Waals surface area (Å²) in [5.74, 6) is -0.236. The maximum absolute atomic E-state index is 11.4. The van der Waals surface area contributed by atoms with Crippen molar-refractivity contribution in [1.29, 1.82) is 0 Å². The van der Waals surface area contributed by atoms with E-state index in [4.69, 9.17) is 4.74 Å². The summed E-state index contributed by atoms with van der Waals surface area (Å²) in [6.07, 6.45) is 0.923. The Hall–Kier alpha value is -2.49. The summed E-state index contributed by atoms with van der Waals surface area (Å²) in [7, 11) is 1.59. The predicted octanol–water partition coefficient (Wildman–Crippen LogP) is 2.96. The van der Waals surface area contributed by atoms with Crippen molar-refractivity contribution in [3.05, 3.63) is 59.2 Å². The van der Waals surface area contributed by atoms with Gasteiger partial charge in [0, 0.05) is 19.2 Å². The summed E-state index contributed by atoms with van der Waals surface area (Å²) in [6.45, 7) is 1.54. The van der Waals surface area contributed by atoms with Gasteiger partial charge >= 0.3 is 5.97 Å². The van der Waals surface area contributed by atoms with Crippen LogP contribution in [0.1, 0.15) is 21.5 Å². The first-order chi connectivity index (χ1) is 10.2. The van der Waals surface area contributed by atoms with Crippen molar-refractivity contribution in [3.8, 4) is 5.75 Å². The summed E-state index contributed by atoms with van der Waals surface area (Å²) in [5.41, 5.74) is 3.63. The zero-order chi connectivity index (χ0) is 14.8. The Morgan fingerprint density at radius 3 is 2.67 bits per heavy atom. The van der Waals surface area contributed by atoms with Crippen molar-refractivity contribution in [2.45, 2.75) is 13.0 Å². The molecule has 0 saturated carbocycles. The van der Waals surface area contributed by atoms with E-state index in [-0.39, 0.29) is 0 Å². The Bertz CT molecular complexity index is 681. The number of hydrogen-bond acceptors (Lipinski definition) is 3. The van der Waals surface area contributed by atoms with E-state index in [2.05, 4.69) is 17.0 Å². The number of fused-ring (bicyclic) bond motifs is 1. The van der Waals surface area contributed by atoms with Crippen LogP contribution in [0, 0.1) is 0 Å². The molecule has 1 heterocycles. The van der Waals surface area contributed by atoms with Crippen LogP contribution in [-0.2, 0) is 13.0 Å². The first-order valence-corrected chi connectivity index (χ1v) is 6.92. The normalized spacial score (nSPS) is 13.7. The predicted molar refractivity (Wildman–Crippen MR) is 81.1 cm³/mol. The van der Waals surface area contributed by atoms with Gasteiger partial charge in [-0.15, -0.1) is 0 Å². The maximum atomic E-state index is 11.4. The van der Waals surface area contributed by atoms with Crippen molar-refractivity contribution in [1.82, 2.24) is 0 Å². The number of benzene rings is 2. The van der Waals surface area contributed by atoms with Gasteiger partial charge in [-0.1, -0.05) is 24.3 Å². The molecule has 1 N–H and O–H groups in total. The van der Waals surface area contributed by atoms with Crippen molar-refractivity contribution in [2.24, 2.45) is 0 Å². The molecule has 0 amide bonds. The lowest BCUT2D eigenvalue weighted by molar-refractivity contribution is 0.0697. The lowest BCUT2D eigenvalue weighted by Gasteiger charge is -2.31. The number of anilines is 1. The lowest BCUT2D eigenvalue weighted by Crippen LogP contribution is -2.31. The van der Waals surface area contributed by atoms with Crippen molar-refractivity contribution in [3.63, 3.8) is 0 Å². The van der Waals surface area contributed by atoms with Gasteiger partial charge in [0.05, 0.1) is 18.4 Å². The van der Waals surface area contributed by atoms with Crippen molar-refractivity contribution >= 4 is 11.7 Å². The highest BCUT2D eigenvalue weighted by Crippen LogP contribution is 2.30. The van der Waals surface area contributed by atoms with E-state index in [0.717, 1.165) is 25.2 Å². The standard InChI is InChI=1S/C17H17NO3/c1-21-14-6-7-15(17(19)20)16(10-14)18-9-8-12-4-2-3-5-13(12)11-18/h2-7,10H,8-9,11H2,1H3,(H,19,20). The quantitative estimate of drug-likeness (QED) is 0.941. The van der Waals surface area contributed by atoms with Gasteiger partial charge in [-0.25, -0.2) is 4.79 Å². The fourth-order valence-corrected chi connectivity index (χ4v) is 2.78. The number of hydrogen-bond donors (Lipinski definition) is 1. The van der Waals surface area contributed by atoms with Crippen LogP contribution >= 0.6 is 0 Å². The minimum Gasteiger partial charge on any atom is -0.497 e. The topological polar surface area (TPSA) is 49.8 Å². The summed E-state index contributed by atoms with van der Waals surface area (Å²) in [6, 6.07) is 13.4. The minimum absolute atomic E-state index is 0.315. The Labute approximate surface area is 123 Å². The van der Waals surface area contributed by atoms with Gasteiger partial charge in [0.15, 0.2) is 0 Å². The maximum Gasteiger partial charge on any atom is 0.337 e. The molecule has 21 heavy (non-hydrogen) atoms. The molecule has 2 aromatic carbocycles. The molecule has 0 fully saturated rings. The highest BCUT2D eigenvalue weighted by atomic mass is 16.5. The van der Waals surface area contributed by atoms with Gasteiger partial charge in [-0.2, -0.15) is 0 Å². The monoisotopic (exact) mass is 283 g/mol. The van der Waals surface area contributed by atoms with Crippen LogP contribution in [0.4, 0.5) is 5.69 Å². The van der Waals surface area contributed by atoms with E-state index in [9.17, 15) is 9.90 Å². The van der Waals surface area contributed by atoms with Gasteiger partial charge in [-0.3, -0.25) is 0 Å². The van der Waals surface area contributed by atoms with E-state index in [1.807, 2.05) is 12.1 Å². The zero-order valence-electron chi connectivity index (χ0n) is 11.9. The fraction of sp³-hybridized carbons (Fsp3) is 0.235. The number of rotatable bonds is 3. The molecule has 0 radical (unpaired) electrons. The van der Waals surface area contributed by atoms with Gasteiger partial charge < -0.3 is 14.7 Å². The van der Waals surface area contributed by atoms with Gasteiger partial charge in [0.25, 0.3) is 0 Å². The zero-order valence-corrected chi connectivity index (χ0v) is 11.9. The lowest BCUT2D eigenvalue weighted by atomic mass is 9.98. The summed E-state index contributed by atoms with van der Waals surface area (Å²) < 4.78 is 5.23. The molecule has 4 nitrogen and oxygen atoms in total. The van der Waals surface area contributed by atoms with E-state index in [0.29, 0.717) is 11.3 Å². The first kappa shape index (κ1) is 13.5. The average molecular weight is 283 g/mol. The molecule has 0 aliphatic carbocycles. The molecule has 0 aromatic heterocycles. The first-order valence-electron chi connectivity index (χ1n) is 6.92. The number of methoxy groups -OCH3 is 1. The molecule has 0 spiro atoms. The van der Waals surface area contributed by atoms with E-state index < -0.39 is 5.97 Å². The number of carboxylic acid groups (broad SMARTS) is 1. The molecule has 1 aliphatic rings. The molecule has 0 bridgehead atoms. The summed E-state index contributed by atoms with van der Waals surface area (Å²) in [4.78, 5) is 13.5. The van der Waals surface area contributed by atoms with E-state index in [1.165, 1.54) is 11.1 Å². The molecular weight excluding hydrogens is 266 g/mol.